The number of carbonyl (C=O) groups is 1. The maximum Gasteiger partial charge on any atom is 0.293 e. The average Bonchev–Trinajstić information content (AvgIpc) is 2.84. The Morgan fingerprint density at radius 3 is 2.75 bits per heavy atom. The van der Waals surface area contributed by atoms with Gasteiger partial charge in [-0.15, -0.1) is 5.10 Å². The lowest BCUT2D eigenvalue weighted by atomic mass is 10.1. The van der Waals surface area contributed by atoms with E-state index in [4.69, 9.17) is 0 Å². The average molecular weight is 275 g/mol. The van der Waals surface area contributed by atoms with Crippen LogP contribution in [-0.2, 0) is 6.54 Å². The molecule has 1 amide bonds. The number of nitrogens with zero attached hydrogens (tertiary/aromatic N) is 4. The number of hydrogen-bond acceptors (Lipinski definition) is 5. The fourth-order valence-electron chi connectivity index (χ4n) is 1.76. The molecule has 0 radical (unpaired) electrons. The number of rotatable bonds is 4. The van der Waals surface area contributed by atoms with Gasteiger partial charge < -0.3 is 4.90 Å². The van der Waals surface area contributed by atoms with Crippen LogP contribution in [0.25, 0.3) is 0 Å². The van der Waals surface area contributed by atoms with Gasteiger partial charge in [0.25, 0.3) is 11.6 Å². The Kier molecular flexibility index (Phi) is 3.74. The van der Waals surface area contributed by atoms with Crippen molar-refractivity contribution in [3.8, 4) is 0 Å². The lowest BCUT2D eigenvalue weighted by Crippen LogP contribution is -2.27. The molecule has 20 heavy (non-hydrogen) atoms. The highest BCUT2D eigenvalue weighted by Gasteiger charge is 2.20. The number of aromatic amines is 1. The first-order valence-electron chi connectivity index (χ1n) is 5.86. The van der Waals surface area contributed by atoms with Crippen molar-refractivity contribution in [1.82, 2.24) is 20.1 Å². The van der Waals surface area contributed by atoms with Crippen LogP contribution in [-0.4, -0.2) is 38.0 Å². The van der Waals surface area contributed by atoms with Crippen LogP contribution < -0.4 is 0 Å². The summed E-state index contributed by atoms with van der Waals surface area (Å²) in [5, 5.41) is 17.3. The number of benzene rings is 1. The molecule has 0 saturated heterocycles. The standard InChI is InChI=1S/C12H13N5O3/c1-8-13-11(15-14-8)12(18)16(2)7-9-5-3-4-6-10(9)17(19)20/h3-6H,7H2,1-2H3,(H,13,14,15). The number of aryl methyl sites for hydroxylation is 1. The molecule has 1 aromatic carbocycles. The van der Waals surface area contributed by atoms with Crippen molar-refractivity contribution >= 4 is 11.6 Å². The van der Waals surface area contributed by atoms with Crippen molar-refractivity contribution in [2.24, 2.45) is 0 Å². The minimum atomic E-state index is -0.468. The molecule has 0 aliphatic carbocycles. The highest BCUT2D eigenvalue weighted by molar-refractivity contribution is 5.90. The van der Waals surface area contributed by atoms with Crippen LogP contribution in [0.3, 0.4) is 0 Å². The maximum absolute atomic E-state index is 12.1. The molecule has 1 heterocycles. The van der Waals surface area contributed by atoms with Crippen LogP contribution >= 0.6 is 0 Å². The van der Waals surface area contributed by atoms with Gasteiger partial charge in [0.05, 0.1) is 11.5 Å². The maximum atomic E-state index is 12.1. The Balaban J connectivity index is 2.18. The van der Waals surface area contributed by atoms with E-state index in [1.807, 2.05) is 0 Å². The predicted octanol–water partition coefficient (Wildman–Crippen LogP) is 1.29. The lowest BCUT2D eigenvalue weighted by molar-refractivity contribution is -0.385. The molecule has 0 aliphatic rings. The van der Waals surface area contributed by atoms with Gasteiger partial charge in [0, 0.05) is 18.7 Å². The molecule has 0 bridgehead atoms. The molecule has 2 rings (SSSR count). The third-order valence-corrected chi connectivity index (χ3v) is 2.73. The first-order valence-corrected chi connectivity index (χ1v) is 5.86. The molecule has 0 unspecified atom stereocenters. The Hall–Kier alpha value is -2.77. The zero-order chi connectivity index (χ0) is 14.7. The van der Waals surface area contributed by atoms with E-state index in [1.165, 1.54) is 11.0 Å². The van der Waals surface area contributed by atoms with Gasteiger partial charge >= 0.3 is 0 Å². The molecule has 104 valence electrons. The summed E-state index contributed by atoms with van der Waals surface area (Å²) in [6, 6.07) is 6.30. The summed E-state index contributed by atoms with van der Waals surface area (Å²) in [5.74, 6) is 0.184. The number of nitrogens with one attached hydrogen (secondary N) is 1. The molecule has 0 fully saturated rings. The summed E-state index contributed by atoms with van der Waals surface area (Å²) in [4.78, 5) is 27.8. The van der Waals surface area contributed by atoms with E-state index in [0.717, 1.165) is 0 Å². The highest BCUT2D eigenvalue weighted by atomic mass is 16.6. The molecule has 8 heteroatoms. The van der Waals surface area contributed by atoms with Crippen molar-refractivity contribution in [3.05, 3.63) is 51.6 Å². The number of nitro groups is 1. The Labute approximate surface area is 114 Å². The SMILES string of the molecule is Cc1nc(C(=O)N(C)Cc2ccccc2[N+](=O)[O-])n[nH]1. The van der Waals surface area contributed by atoms with E-state index in [2.05, 4.69) is 15.2 Å². The molecular formula is C12H13N5O3. The first kappa shape index (κ1) is 13.7. The number of hydrogen-bond donors (Lipinski definition) is 1. The van der Waals surface area contributed by atoms with Crippen LogP contribution in [0, 0.1) is 17.0 Å². The number of carbonyl (C=O) groups excluding carboxylic acids is 1. The molecule has 0 aliphatic heterocycles. The van der Waals surface area contributed by atoms with Gasteiger partial charge in [0.15, 0.2) is 0 Å². The number of para-hydroxylation sites is 1. The summed E-state index contributed by atoms with van der Waals surface area (Å²) in [5.41, 5.74) is 0.443. The van der Waals surface area contributed by atoms with Gasteiger partial charge in [-0.1, -0.05) is 18.2 Å². The third kappa shape index (κ3) is 2.79. The van der Waals surface area contributed by atoms with E-state index < -0.39 is 10.8 Å². The van der Waals surface area contributed by atoms with Crippen molar-refractivity contribution in [2.75, 3.05) is 7.05 Å². The largest absolute Gasteiger partial charge is 0.334 e. The first-order chi connectivity index (χ1) is 9.49. The second kappa shape index (κ2) is 5.47. The van der Waals surface area contributed by atoms with E-state index in [-0.39, 0.29) is 18.1 Å². The number of aromatic nitrogens is 3. The van der Waals surface area contributed by atoms with Gasteiger partial charge in [0.1, 0.15) is 5.82 Å². The predicted molar refractivity (Wildman–Crippen MR) is 70.0 cm³/mol. The summed E-state index contributed by atoms with van der Waals surface area (Å²) in [6.45, 7) is 1.80. The Bertz CT molecular complexity index is 652. The summed E-state index contributed by atoms with van der Waals surface area (Å²) in [7, 11) is 1.55. The molecule has 2 aromatic rings. The minimum Gasteiger partial charge on any atom is -0.334 e. The van der Waals surface area contributed by atoms with Crippen molar-refractivity contribution in [2.45, 2.75) is 13.5 Å². The zero-order valence-electron chi connectivity index (χ0n) is 11.0. The van der Waals surface area contributed by atoms with Crippen molar-refractivity contribution in [3.63, 3.8) is 0 Å². The molecule has 0 saturated carbocycles. The van der Waals surface area contributed by atoms with Crippen molar-refractivity contribution in [1.29, 1.82) is 0 Å². The summed E-state index contributed by atoms with van der Waals surface area (Å²) >= 11 is 0. The van der Waals surface area contributed by atoms with Gasteiger partial charge in [-0.3, -0.25) is 20.0 Å². The van der Waals surface area contributed by atoms with Crippen molar-refractivity contribution < 1.29 is 9.72 Å². The quantitative estimate of drug-likeness (QED) is 0.668. The zero-order valence-corrected chi connectivity index (χ0v) is 11.0. The monoisotopic (exact) mass is 275 g/mol. The van der Waals surface area contributed by atoms with Crippen LogP contribution in [0.15, 0.2) is 24.3 Å². The van der Waals surface area contributed by atoms with E-state index in [1.54, 1.807) is 32.2 Å². The summed E-state index contributed by atoms with van der Waals surface area (Å²) < 4.78 is 0. The second-order valence-electron chi connectivity index (χ2n) is 4.29. The normalized spacial score (nSPS) is 10.3. The van der Waals surface area contributed by atoms with Crippen LogP contribution in [0.5, 0.6) is 0 Å². The van der Waals surface area contributed by atoms with Gasteiger partial charge in [0.2, 0.25) is 5.82 Å². The number of H-pyrrole nitrogens is 1. The second-order valence-corrected chi connectivity index (χ2v) is 4.29. The lowest BCUT2D eigenvalue weighted by Gasteiger charge is -2.15. The van der Waals surface area contributed by atoms with E-state index >= 15 is 0 Å². The molecule has 0 spiro atoms. The fraction of sp³-hybridized carbons (Fsp3) is 0.250. The molecule has 8 nitrogen and oxygen atoms in total. The third-order valence-electron chi connectivity index (χ3n) is 2.73. The van der Waals surface area contributed by atoms with E-state index in [9.17, 15) is 14.9 Å². The van der Waals surface area contributed by atoms with Gasteiger partial charge in [-0.05, 0) is 6.92 Å². The number of nitro benzene ring substituents is 1. The minimum absolute atomic E-state index is 0.0154. The highest BCUT2D eigenvalue weighted by Crippen LogP contribution is 2.19. The molecule has 1 aromatic heterocycles. The molecular weight excluding hydrogens is 262 g/mol. The summed E-state index contributed by atoms with van der Waals surface area (Å²) in [6.07, 6.45) is 0. The Morgan fingerprint density at radius 1 is 1.45 bits per heavy atom. The molecule has 0 atom stereocenters. The van der Waals surface area contributed by atoms with Gasteiger partial charge in [-0.25, -0.2) is 4.98 Å². The van der Waals surface area contributed by atoms with Crippen LogP contribution in [0.1, 0.15) is 22.0 Å². The van der Waals surface area contributed by atoms with Crippen LogP contribution in [0.2, 0.25) is 0 Å². The topological polar surface area (TPSA) is 105 Å². The smallest absolute Gasteiger partial charge is 0.293 e. The van der Waals surface area contributed by atoms with Gasteiger partial charge in [-0.2, -0.15) is 0 Å². The molecule has 1 N–H and O–H groups in total. The van der Waals surface area contributed by atoms with E-state index in [0.29, 0.717) is 11.4 Å². The fourth-order valence-corrected chi connectivity index (χ4v) is 1.76. The number of amides is 1. The van der Waals surface area contributed by atoms with Crippen LogP contribution in [0.4, 0.5) is 5.69 Å². The Morgan fingerprint density at radius 2 is 2.15 bits per heavy atom.